The summed E-state index contributed by atoms with van der Waals surface area (Å²) in [6, 6.07) is 11.3. The predicted octanol–water partition coefficient (Wildman–Crippen LogP) is 4.66. The molecule has 0 aliphatic carbocycles. The first-order chi connectivity index (χ1) is 11.0. The third-order valence-electron chi connectivity index (χ3n) is 2.97. The molecule has 2 rings (SSSR count). The van der Waals surface area contributed by atoms with Gasteiger partial charge in [-0.2, -0.15) is 0 Å². The molecule has 0 aromatic heterocycles. The first kappa shape index (κ1) is 16.2. The molecule has 0 amide bonds. The Morgan fingerprint density at radius 1 is 0.957 bits per heavy atom. The van der Waals surface area contributed by atoms with Crippen molar-refractivity contribution < 1.29 is 18.7 Å². The fourth-order valence-corrected chi connectivity index (χ4v) is 1.82. The average Bonchev–Trinajstić information content (AvgIpc) is 2.57. The molecule has 0 atom stereocenters. The molecule has 0 unspecified atom stereocenters. The molecule has 116 valence electrons. The van der Waals surface area contributed by atoms with E-state index in [1.54, 1.807) is 30.3 Å². The van der Waals surface area contributed by atoms with Gasteiger partial charge in [0.1, 0.15) is 11.5 Å². The molecule has 2 aromatic rings. The maximum absolute atomic E-state index is 14.0. The van der Waals surface area contributed by atoms with Gasteiger partial charge in [-0.3, -0.25) is 0 Å². The summed E-state index contributed by atoms with van der Waals surface area (Å²) in [5, 5.41) is 0. The van der Waals surface area contributed by atoms with Crippen molar-refractivity contribution in [2.24, 2.45) is 0 Å². The van der Waals surface area contributed by atoms with Crippen molar-refractivity contribution in [2.45, 2.75) is 0 Å². The van der Waals surface area contributed by atoms with Crippen molar-refractivity contribution in [1.82, 2.24) is 0 Å². The Morgan fingerprint density at radius 3 is 2.17 bits per heavy atom. The van der Waals surface area contributed by atoms with Crippen LogP contribution in [0.1, 0.15) is 0 Å². The summed E-state index contributed by atoms with van der Waals surface area (Å²) >= 11 is 0. The van der Waals surface area contributed by atoms with Crippen LogP contribution in [0.3, 0.4) is 0 Å². The number of esters is 1. The number of carbonyl (C=O) groups is 1. The number of ether oxygens (including phenoxy) is 2. The summed E-state index contributed by atoms with van der Waals surface area (Å²) in [7, 11) is 0. The molecule has 0 bridgehead atoms. The highest BCUT2D eigenvalue weighted by Gasteiger charge is 2.08. The number of benzene rings is 2. The van der Waals surface area contributed by atoms with Crippen molar-refractivity contribution in [3.63, 3.8) is 0 Å². The zero-order chi connectivity index (χ0) is 16.8. The van der Waals surface area contributed by atoms with Gasteiger partial charge in [-0.25, -0.2) is 9.18 Å². The number of carbonyl (C=O) groups excluding carboxylic acids is 1. The lowest BCUT2D eigenvalue weighted by Crippen LogP contribution is -2.02. The second kappa shape index (κ2) is 7.22. The lowest BCUT2D eigenvalue weighted by molar-refractivity contribution is -0.128. The third kappa shape index (κ3) is 4.17. The molecule has 0 aliphatic rings. The quantitative estimate of drug-likeness (QED) is 0.256. The first-order valence-corrected chi connectivity index (χ1v) is 6.77. The Morgan fingerprint density at radius 2 is 1.61 bits per heavy atom. The van der Waals surface area contributed by atoms with Gasteiger partial charge < -0.3 is 9.47 Å². The molecule has 0 N–H and O–H groups in total. The summed E-state index contributed by atoms with van der Waals surface area (Å²) < 4.78 is 24.2. The van der Waals surface area contributed by atoms with Crippen molar-refractivity contribution in [1.29, 1.82) is 0 Å². The van der Waals surface area contributed by atoms with Gasteiger partial charge in [0.15, 0.2) is 11.6 Å². The highest BCUT2D eigenvalue weighted by molar-refractivity contribution is 5.83. The van der Waals surface area contributed by atoms with Crippen molar-refractivity contribution in [2.75, 3.05) is 0 Å². The first-order valence-electron chi connectivity index (χ1n) is 6.77. The lowest BCUT2D eigenvalue weighted by Gasteiger charge is -2.09. The molecule has 0 saturated heterocycles. The number of allylic oxidation sites excluding steroid dienone is 1. The van der Waals surface area contributed by atoms with Gasteiger partial charge >= 0.3 is 5.97 Å². The number of rotatable bonds is 6. The number of hydrogen-bond acceptors (Lipinski definition) is 3. The molecular formula is C19H15FO3. The smallest absolute Gasteiger partial charge is 0.335 e. The molecule has 2 aromatic carbocycles. The second-order valence-electron chi connectivity index (χ2n) is 4.57. The molecule has 3 nitrogen and oxygen atoms in total. The van der Waals surface area contributed by atoms with Gasteiger partial charge in [-0.15, -0.1) is 0 Å². The van der Waals surface area contributed by atoms with Crippen LogP contribution in [0.5, 0.6) is 11.5 Å². The number of halogens is 1. The minimum absolute atomic E-state index is 0.0789. The molecule has 0 fully saturated rings. The molecule has 4 heteroatoms. The topological polar surface area (TPSA) is 35.5 Å². The van der Waals surface area contributed by atoms with Gasteiger partial charge in [0.05, 0.1) is 0 Å². The molecule has 0 saturated carbocycles. The number of hydrogen-bond donors (Lipinski definition) is 0. The Bertz CT molecular complexity index is 761. The van der Waals surface area contributed by atoms with Crippen LogP contribution in [-0.2, 0) is 4.79 Å². The predicted molar refractivity (Wildman–Crippen MR) is 87.6 cm³/mol. The molecular weight excluding hydrogens is 295 g/mol. The highest BCUT2D eigenvalue weighted by atomic mass is 19.1. The minimum Gasteiger partial charge on any atom is -0.455 e. The van der Waals surface area contributed by atoms with E-state index in [2.05, 4.69) is 19.7 Å². The van der Waals surface area contributed by atoms with Crippen molar-refractivity contribution in [3.8, 4) is 22.6 Å². The second-order valence-corrected chi connectivity index (χ2v) is 4.57. The van der Waals surface area contributed by atoms with Gasteiger partial charge in [0.25, 0.3) is 0 Å². The van der Waals surface area contributed by atoms with E-state index in [1.807, 2.05) is 0 Å². The van der Waals surface area contributed by atoms with Gasteiger partial charge in [0, 0.05) is 6.08 Å². The van der Waals surface area contributed by atoms with E-state index in [1.165, 1.54) is 18.2 Å². The summed E-state index contributed by atoms with van der Waals surface area (Å²) in [5.74, 6) is -0.304. The average molecular weight is 310 g/mol. The van der Waals surface area contributed by atoms with Crippen LogP contribution in [0, 0.1) is 5.82 Å². The lowest BCUT2D eigenvalue weighted by atomic mass is 10.1. The summed E-state index contributed by atoms with van der Waals surface area (Å²) in [4.78, 5) is 11.1. The van der Waals surface area contributed by atoms with E-state index in [-0.39, 0.29) is 11.5 Å². The summed E-state index contributed by atoms with van der Waals surface area (Å²) in [6.07, 6.45) is 2.48. The van der Waals surface area contributed by atoms with E-state index in [0.29, 0.717) is 11.3 Å². The Labute approximate surface area is 134 Å². The monoisotopic (exact) mass is 310 g/mol. The normalized spacial score (nSPS) is 9.78. The van der Waals surface area contributed by atoms with Gasteiger partial charge in [0.2, 0.25) is 0 Å². The Hall–Kier alpha value is -3.14. The zero-order valence-electron chi connectivity index (χ0n) is 12.4. The zero-order valence-corrected chi connectivity index (χ0v) is 12.4. The van der Waals surface area contributed by atoms with Crippen molar-refractivity contribution >= 4 is 5.97 Å². The maximum Gasteiger partial charge on any atom is 0.335 e. The molecule has 0 spiro atoms. The SMILES string of the molecule is C=CC(=C)Oc1ccc(-c2ccc(OC(=O)C=C)cc2)cc1F. The van der Waals surface area contributed by atoms with E-state index in [0.717, 1.165) is 11.6 Å². The molecule has 0 radical (unpaired) electrons. The van der Waals surface area contributed by atoms with Gasteiger partial charge in [-0.05, 0) is 41.5 Å². The van der Waals surface area contributed by atoms with E-state index < -0.39 is 11.8 Å². The summed E-state index contributed by atoms with van der Waals surface area (Å²) in [6.45, 7) is 10.4. The van der Waals surface area contributed by atoms with E-state index in [4.69, 9.17) is 9.47 Å². The minimum atomic E-state index is -0.534. The van der Waals surface area contributed by atoms with Crippen LogP contribution in [0.15, 0.2) is 80.1 Å². The maximum atomic E-state index is 14.0. The summed E-state index contributed by atoms with van der Waals surface area (Å²) in [5.41, 5.74) is 1.44. The van der Waals surface area contributed by atoms with E-state index in [9.17, 15) is 9.18 Å². The van der Waals surface area contributed by atoms with Crippen LogP contribution in [0.4, 0.5) is 4.39 Å². The molecule has 0 aliphatic heterocycles. The Balaban J connectivity index is 2.20. The highest BCUT2D eigenvalue weighted by Crippen LogP contribution is 2.28. The van der Waals surface area contributed by atoms with Crippen LogP contribution < -0.4 is 9.47 Å². The van der Waals surface area contributed by atoms with Crippen LogP contribution in [0.25, 0.3) is 11.1 Å². The fraction of sp³-hybridized carbons (Fsp3) is 0. The van der Waals surface area contributed by atoms with Crippen LogP contribution >= 0.6 is 0 Å². The third-order valence-corrected chi connectivity index (χ3v) is 2.97. The van der Waals surface area contributed by atoms with Gasteiger partial charge in [-0.1, -0.05) is 37.9 Å². The Kier molecular flexibility index (Phi) is 5.10. The van der Waals surface area contributed by atoms with Crippen LogP contribution in [0.2, 0.25) is 0 Å². The molecule has 23 heavy (non-hydrogen) atoms. The van der Waals surface area contributed by atoms with Crippen molar-refractivity contribution in [3.05, 3.63) is 85.9 Å². The standard InChI is InChI=1S/C19H15FO3/c1-4-13(3)22-18-11-8-15(12-17(18)20)14-6-9-16(10-7-14)23-19(21)5-2/h4-12H,1-3H2. The van der Waals surface area contributed by atoms with E-state index >= 15 is 0 Å². The molecule has 0 heterocycles. The largest absolute Gasteiger partial charge is 0.455 e. The van der Waals surface area contributed by atoms with Crippen LogP contribution in [-0.4, -0.2) is 5.97 Å². The fourth-order valence-electron chi connectivity index (χ4n) is 1.82.